The van der Waals surface area contributed by atoms with Gasteiger partial charge in [0.1, 0.15) is 0 Å². The van der Waals surface area contributed by atoms with E-state index in [0.29, 0.717) is 5.69 Å². The molecule has 0 saturated carbocycles. The summed E-state index contributed by atoms with van der Waals surface area (Å²) < 4.78 is 0. The summed E-state index contributed by atoms with van der Waals surface area (Å²) in [5.41, 5.74) is 2.71. The van der Waals surface area contributed by atoms with Gasteiger partial charge in [-0.15, -0.1) is 0 Å². The van der Waals surface area contributed by atoms with Crippen molar-refractivity contribution in [3.05, 3.63) is 17.0 Å². The normalized spacial score (nSPS) is 19.5. The van der Waals surface area contributed by atoms with Crippen molar-refractivity contribution in [2.45, 2.75) is 45.1 Å². The minimum atomic E-state index is -0.0444. The molecular weight excluding hydrogens is 278 g/mol. The molecule has 1 aromatic heterocycles. The van der Waals surface area contributed by atoms with Crippen molar-refractivity contribution in [2.75, 3.05) is 32.7 Å². The molecule has 22 heavy (non-hydrogen) atoms. The van der Waals surface area contributed by atoms with Gasteiger partial charge in [0.15, 0.2) is 5.69 Å². The average Bonchev–Trinajstić information content (AvgIpc) is 2.80. The first-order valence-corrected chi connectivity index (χ1v) is 8.62. The van der Waals surface area contributed by atoms with Crippen LogP contribution >= 0.6 is 0 Å². The zero-order chi connectivity index (χ0) is 15.2. The van der Waals surface area contributed by atoms with E-state index in [-0.39, 0.29) is 5.91 Å². The third-order valence-electron chi connectivity index (χ3n) is 4.66. The number of hydrogen-bond acceptors (Lipinski definition) is 4. The number of amides is 1. The minimum absolute atomic E-state index is 0.0444. The smallest absolute Gasteiger partial charge is 0.272 e. The molecule has 122 valence electrons. The zero-order valence-electron chi connectivity index (χ0n) is 13.3. The highest BCUT2D eigenvalue weighted by Gasteiger charge is 2.21. The van der Waals surface area contributed by atoms with Crippen LogP contribution in [0.1, 0.15) is 53.8 Å². The molecule has 1 aromatic rings. The van der Waals surface area contributed by atoms with Crippen LogP contribution in [-0.2, 0) is 13.0 Å². The molecule has 6 nitrogen and oxygen atoms in total. The van der Waals surface area contributed by atoms with E-state index in [1.165, 1.54) is 38.8 Å². The molecular formula is C16H27N5O. The number of H-pyrrole nitrogens is 1. The third-order valence-corrected chi connectivity index (χ3v) is 4.66. The van der Waals surface area contributed by atoms with Crippen molar-refractivity contribution >= 4 is 5.91 Å². The Labute approximate surface area is 132 Å². The number of carbonyl (C=O) groups is 1. The summed E-state index contributed by atoms with van der Waals surface area (Å²) in [6.07, 6.45) is 7.30. The van der Waals surface area contributed by atoms with Gasteiger partial charge in [0, 0.05) is 37.3 Å². The first kappa shape index (κ1) is 15.5. The van der Waals surface area contributed by atoms with Crippen LogP contribution in [0.25, 0.3) is 0 Å². The van der Waals surface area contributed by atoms with Gasteiger partial charge in [-0.05, 0) is 38.9 Å². The van der Waals surface area contributed by atoms with Crippen LogP contribution in [0.5, 0.6) is 0 Å². The average molecular weight is 305 g/mol. The summed E-state index contributed by atoms with van der Waals surface area (Å²) in [7, 11) is 0. The lowest BCUT2D eigenvalue weighted by Gasteiger charge is -2.19. The summed E-state index contributed by atoms with van der Waals surface area (Å²) in [6.45, 7) is 5.93. The second-order valence-electron chi connectivity index (χ2n) is 6.32. The highest BCUT2D eigenvalue weighted by atomic mass is 16.1. The summed E-state index contributed by atoms with van der Waals surface area (Å²) in [6, 6.07) is 0. The van der Waals surface area contributed by atoms with Crippen LogP contribution in [0, 0.1) is 0 Å². The lowest BCUT2D eigenvalue weighted by atomic mass is 10.1. The van der Waals surface area contributed by atoms with Gasteiger partial charge < -0.3 is 15.5 Å². The number of rotatable bonds is 5. The maximum absolute atomic E-state index is 12.2. The van der Waals surface area contributed by atoms with Gasteiger partial charge in [-0.1, -0.05) is 12.8 Å². The molecule has 3 N–H and O–H groups in total. The largest absolute Gasteiger partial charge is 0.351 e. The molecule has 3 heterocycles. The fourth-order valence-electron chi connectivity index (χ4n) is 3.36. The van der Waals surface area contributed by atoms with Crippen LogP contribution in [0.4, 0.5) is 0 Å². The van der Waals surface area contributed by atoms with E-state index in [1.807, 2.05) is 0 Å². The van der Waals surface area contributed by atoms with Crippen LogP contribution < -0.4 is 10.6 Å². The number of likely N-dealkylation sites (tertiary alicyclic amines) is 1. The van der Waals surface area contributed by atoms with Gasteiger partial charge in [-0.25, -0.2) is 0 Å². The second kappa shape index (κ2) is 7.74. The number of aromatic amines is 1. The second-order valence-corrected chi connectivity index (χ2v) is 6.32. The van der Waals surface area contributed by atoms with E-state index in [2.05, 4.69) is 25.7 Å². The van der Waals surface area contributed by atoms with Crippen LogP contribution in [0.2, 0.25) is 0 Å². The zero-order valence-corrected chi connectivity index (χ0v) is 13.3. The van der Waals surface area contributed by atoms with Gasteiger partial charge in [0.2, 0.25) is 0 Å². The van der Waals surface area contributed by atoms with E-state index in [4.69, 9.17) is 0 Å². The lowest BCUT2D eigenvalue weighted by Crippen LogP contribution is -2.32. The number of hydrogen-bond donors (Lipinski definition) is 3. The highest BCUT2D eigenvalue weighted by molar-refractivity contribution is 5.94. The van der Waals surface area contributed by atoms with E-state index in [9.17, 15) is 4.79 Å². The van der Waals surface area contributed by atoms with Gasteiger partial charge in [-0.2, -0.15) is 5.10 Å². The van der Waals surface area contributed by atoms with Crippen molar-refractivity contribution < 1.29 is 4.79 Å². The predicted octanol–water partition coefficient (Wildman–Crippen LogP) is 1.05. The Morgan fingerprint density at radius 1 is 1.23 bits per heavy atom. The molecule has 1 amide bonds. The Balaban J connectivity index is 1.41. The van der Waals surface area contributed by atoms with Crippen molar-refractivity contribution in [1.29, 1.82) is 0 Å². The van der Waals surface area contributed by atoms with E-state index in [1.54, 1.807) is 0 Å². The molecule has 0 bridgehead atoms. The van der Waals surface area contributed by atoms with Crippen LogP contribution in [0.15, 0.2) is 0 Å². The summed E-state index contributed by atoms with van der Waals surface area (Å²) >= 11 is 0. The molecule has 0 radical (unpaired) electrons. The molecule has 1 saturated heterocycles. The Kier molecular flexibility index (Phi) is 5.45. The van der Waals surface area contributed by atoms with Crippen molar-refractivity contribution in [1.82, 2.24) is 25.7 Å². The van der Waals surface area contributed by atoms with Gasteiger partial charge in [-0.3, -0.25) is 9.89 Å². The van der Waals surface area contributed by atoms with Crippen molar-refractivity contribution in [3.8, 4) is 0 Å². The topological polar surface area (TPSA) is 73.0 Å². The van der Waals surface area contributed by atoms with Gasteiger partial charge in [0.25, 0.3) is 5.91 Å². The molecule has 0 atom stereocenters. The molecule has 0 aliphatic carbocycles. The molecule has 2 aliphatic heterocycles. The molecule has 0 spiro atoms. The van der Waals surface area contributed by atoms with Gasteiger partial charge in [0.05, 0.1) is 0 Å². The lowest BCUT2D eigenvalue weighted by molar-refractivity contribution is 0.0945. The Hall–Kier alpha value is -1.40. The fraction of sp³-hybridized carbons (Fsp3) is 0.750. The molecule has 2 aliphatic rings. The van der Waals surface area contributed by atoms with Crippen LogP contribution in [0.3, 0.4) is 0 Å². The summed E-state index contributed by atoms with van der Waals surface area (Å²) in [4.78, 5) is 14.8. The van der Waals surface area contributed by atoms with Crippen molar-refractivity contribution in [3.63, 3.8) is 0 Å². The number of aromatic nitrogens is 2. The quantitative estimate of drug-likeness (QED) is 0.711. The first-order valence-electron chi connectivity index (χ1n) is 8.62. The van der Waals surface area contributed by atoms with E-state index < -0.39 is 0 Å². The van der Waals surface area contributed by atoms with E-state index in [0.717, 1.165) is 50.3 Å². The minimum Gasteiger partial charge on any atom is -0.351 e. The Morgan fingerprint density at radius 2 is 2.05 bits per heavy atom. The predicted molar refractivity (Wildman–Crippen MR) is 85.9 cm³/mol. The first-order chi connectivity index (χ1) is 10.8. The number of nitrogens with one attached hydrogen (secondary N) is 3. The standard InChI is InChI=1S/C16H27N5O/c22-16(15-13-12-17-8-6-14(13)19-20-15)18-7-5-11-21-9-3-1-2-4-10-21/h17H,1-12H2,(H,18,22)(H,19,20). The Morgan fingerprint density at radius 3 is 2.86 bits per heavy atom. The highest BCUT2D eigenvalue weighted by Crippen LogP contribution is 2.15. The maximum Gasteiger partial charge on any atom is 0.272 e. The third kappa shape index (κ3) is 3.87. The molecule has 0 unspecified atom stereocenters. The van der Waals surface area contributed by atoms with Crippen molar-refractivity contribution in [2.24, 2.45) is 0 Å². The summed E-state index contributed by atoms with van der Waals surface area (Å²) in [5, 5.41) is 13.5. The molecule has 3 rings (SSSR count). The SMILES string of the molecule is O=C(NCCCN1CCCCCC1)c1n[nH]c2c1CNCC2. The summed E-state index contributed by atoms with van der Waals surface area (Å²) in [5.74, 6) is -0.0444. The number of carbonyl (C=O) groups excluding carboxylic acids is 1. The molecule has 0 aromatic carbocycles. The fourth-order valence-corrected chi connectivity index (χ4v) is 3.36. The molecule has 6 heteroatoms. The maximum atomic E-state index is 12.2. The van der Waals surface area contributed by atoms with Crippen LogP contribution in [-0.4, -0.2) is 53.7 Å². The molecule has 1 fully saturated rings. The van der Waals surface area contributed by atoms with Gasteiger partial charge >= 0.3 is 0 Å². The number of fused-ring (bicyclic) bond motifs is 1. The number of nitrogens with zero attached hydrogens (tertiary/aromatic N) is 2. The Bertz CT molecular complexity index is 491. The monoisotopic (exact) mass is 305 g/mol. The van der Waals surface area contributed by atoms with E-state index >= 15 is 0 Å².